The Labute approximate surface area is 215 Å². The molecule has 2 aliphatic heterocycles. The van der Waals surface area contributed by atoms with Crippen LogP contribution < -0.4 is 4.57 Å². The lowest BCUT2D eigenvalue weighted by atomic mass is 9.78. The van der Waals surface area contributed by atoms with Crippen LogP contribution in [0.15, 0.2) is 90.7 Å². The molecule has 0 fully saturated rings. The maximum atomic E-state index is 6.99. The molecule has 3 nitrogen and oxygen atoms in total. The third-order valence-electron chi connectivity index (χ3n) is 6.64. The molecular formula is C28H24Cl3N3+2. The lowest BCUT2D eigenvalue weighted by Gasteiger charge is -2.45. The van der Waals surface area contributed by atoms with E-state index in [1.54, 1.807) is 12.3 Å². The molecule has 0 radical (unpaired) electrons. The Morgan fingerprint density at radius 3 is 2.53 bits per heavy atom. The molecule has 3 heterocycles. The van der Waals surface area contributed by atoms with Gasteiger partial charge in [-0.05, 0) is 31.2 Å². The largest absolute Gasteiger partial charge is 0.244 e. The normalized spacial score (nSPS) is 23.7. The number of benzene rings is 2. The molecule has 0 amide bonds. The van der Waals surface area contributed by atoms with Crippen molar-refractivity contribution in [3.05, 3.63) is 117 Å². The van der Waals surface area contributed by atoms with Crippen LogP contribution in [0.1, 0.15) is 35.7 Å². The quantitative estimate of drug-likeness (QED) is 0.149. The minimum Gasteiger partial charge on any atom is -0.184 e. The number of halogens is 3. The smallest absolute Gasteiger partial charge is 0.184 e. The van der Waals surface area contributed by atoms with E-state index in [1.165, 1.54) is 5.56 Å². The van der Waals surface area contributed by atoms with Crippen LogP contribution in [-0.4, -0.2) is 17.9 Å². The lowest BCUT2D eigenvalue weighted by molar-refractivity contribution is -0.913. The van der Waals surface area contributed by atoms with E-state index in [9.17, 15) is 0 Å². The fraction of sp³-hybridized carbons (Fsp3) is 0.143. The summed E-state index contributed by atoms with van der Waals surface area (Å²) in [5.74, 6) is 0. The third-order valence-corrected chi connectivity index (χ3v) is 7.92. The molecule has 170 valence electrons. The maximum absolute atomic E-state index is 6.99. The molecule has 3 atom stereocenters. The molecule has 0 saturated heterocycles. The van der Waals surface area contributed by atoms with Crippen molar-refractivity contribution in [2.75, 3.05) is 7.05 Å². The van der Waals surface area contributed by atoms with E-state index in [0.717, 1.165) is 33.7 Å². The molecule has 0 N–H and O–H groups in total. The summed E-state index contributed by atoms with van der Waals surface area (Å²) in [4.78, 5) is 0. The first-order valence-electron chi connectivity index (χ1n) is 11.0. The number of allylic oxidation sites excluding steroid dienone is 3. The first-order valence-corrected chi connectivity index (χ1v) is 12.1. The van der Waals surface area contributed by atoms with Gasteiger partial charge >= 0.3 is 0 Å². The highest BCUT2D eigenvalue weighted by Gasteiger charge is 2.59. The van der Waals surface area contributed by atoms with Crippen LogP contribution >= 0.6 is 34.8 Å². The summed E-state index contributed by atoms with van der Waals surface area (Å²) < 4.78 is 2.52. The molecular weight excluding hydrogens is 485 g/mol. The third kappa shape index (κ3) is 3.30. The monoisotopic (exact) mass is 507 g/mol. The maximum Gasteiger partial charge on any atom is 0.244 e. The number of aromatic nitrogens is 1. The Bertz CT molecular complexity index is 1420. The van der Waals surface area contributed by atoms with E-state index in [-0.39, 0.29) is 16.7 Å². The minimum absolute atomic E-state index is 0.125. The van der Waals surface area contributed by atoms with Crippen LogP contribution in [0, 0.1) is 0 Å². The molecule has 5 rings (SSSR count). The number of hydrogen-bond acceptors (Lipinski definition) is 1. The molecule has 0 bridgehead atoms. The Kier molecular flexibility index (Phi) is 5.78. The van der Waals surface area contributed by atoms with E-state index in [1.807, 2.05) is 19.1 Å². The molecule has 0 saturated carbocycles. The van der Waals surface area contributed by atoms with Crippen LogP contribution in [0.4, 0.5) is 0 Å². The van der Waals surface area contributed by atoms with Gasteiger partial charge in [0.1, 0.15) is 0 Å². The summed E-state index contributed by atoms with van der Waals surface area (Å²) in [6, 6.07) is 16.3. The van der Waals surface area contributed by atoms with Crippen molar-refractivity contribution in [3.63, 3.8) is 0 Å². The molecule has 0 spiro atoms. The van der Waals surface area contributed by atoms with Crippen LogP contribution in [0.3, 0.4) is 0 Å². The number of nitrogens with zero attached hydrogens (tertiary/aromatic N) is 3. The van der Waals surface area contributed by atoms with E-state index in [2.05, 4.69) is 73.4 Å². The SMILES string of the molecule is C=C/C=N\[N+]1(C)/C(=C\C(=C)C)c2cc(Cl)c(Cl)c(Cl)c2C2C1c1ccccc1-c1cccc[n+]12. The van der Waals surface area contributed by atoms with Gasteiger partial charge in [-0.25, -0.2) is 0 Å². The van der Waals surface area contributed by atoms with Crippen molar-refractivity contribution in [3.8, 4) is 11.3 Å². The van der Waals surface area contributed by atoms with Crippen molar-refractivity contribution < 1.29 is 9.16 Å². The zero-order valence-electron chi connectivity index (χ0n) is 19.0. The van der Waals surface area contributed by atoms with Crippen LogP contribution in [-0.2, 0) is 0 Å². The topological polar surface area (TPSA) is 16.2 Å². The Hall–Kier alpha value is -2.69. The number of fused-ring (bicyclic) bond motifs is 8. The average molecular weight is 509 g/mol. The molecule has 3 aromatic rings. The average Bonchev–Trinajstić information content (AvgIpc) is 2.83. The standard InChI is InChI=1S/C28H24Cl3N3/c1-5-13-32-34(4)23(15-17(2)3)20-16-21(29)25(30)26(31)24(20)27-28(34)19-11-7-6-10-18(19)22-12-8-9-14-33(22)27/h5-16,27-28H,1-2H2,3-4H3/q+2/b23-15-,32-13-. The minimum atomic E-state index is -0.169. The van der Waals surface area contributed by atoms with Crippen molar-refractivity contribution in [2.24, 2.45) is 5.10 Å². The fourth-order valence-electron chi connectivity index (χ4n) is 5.35. The predicted molar refractivity (Wildman–Crippen MR) is 142 cm³/mol. The summed E-state index contributed by atoms with van der Waals surface area (Å²) in [6.07, 6.45) is 7.61. The number of quaternary nitrogens is 1. The molecule has 3 unspecified atom stereocenters. The first kappa shape index (κ1) is 23.1. The first-order chi connectivity index (χ1) is 16.3. The van der Waals surface area contributed by atoms with Gasteiger partial charge in [-0.2, -0.15) is 9.16 Å². The van der Waals surface area contributed by atoms with Gasteiger partial charge in [-0.15, -0.1) is 0 Å². The van der Waals surface area contributed by atoms with Gasteiger partial charge in [0.05, 0.1) is 45.0 Å². The van der Waals surface area contributed by atoms with Gasteiger partial charge in [0, 0.05) is 23.8 Å². The Morgan fingerprint density at radius 2 is 1.79 bits per heavy atom. The van der Waals surface area contributed by atoms with Gasteiger partial charge in [-0.3, -0.25) is 0 Å². The van der Waals surface area contributed by atoms with E-state index < -0.39 is 0 Å². The molecule has 34 heavy (non-hydrogen) atoms. The Morgan fingerprint density at radius 1 is 1.06 bits per heavy atom. The number of rotatable bonds is 3. The highest BCUT2D eigenvalue weighted by Crippen LogP contribution is 2.57. The summed E-state index contributed by atoms with van der Waals surface area (Å²) in [5.41, 5.74) is 7.15. The summed E-state index contributed by atoms with van der Waals surface area (Å²) >= 11 is 20.2. The zero-order chi connectivity index (χ0) is 24.2. The highest BCUT2D eigenvalue weighted by molar-refractivity contribution is 6.48. The van der Waals surface area contributed by atoms with Crippen LogP contribution in [0.5, 0.6) is 0 Å². The van der Waals surface area contributed by atoms with Crippen LogP contribution in [0.25, 0.3) is 17.0 Å². The molecule has 1 aromatic heterocycles. The predicted octanol–water partition coefficient (Wildman–Crippen LogP) is 7.79. The van der Waals surface area contributed by atoms with Crippen molar-refractivity contribution in [1.29, 1.82) is 0 Å². The van der Waals surface area contributed by atoms with Crippen LogP contribution in [0.2, 0.25) is 15.1 Å². The number of pyridine rings is 1. The van der Waals surface area contributed by atoms with Gasteiger partial charge in [0.15, 0.2) is 11.9 Å². The lowest BCUT2D eigenvalue weighted by Crippen LogP contribution is -2.58. The second kappa shape index (κ2) is 8.51. The van der Waals surface area contributed by atoms with Gasteiger partial charge in [-0.1, -0.05) is 76.8 Å². The Balaban J connectivity index is 2.00. The number of hydrogen-bond donors (Lipinski definition) is 0. The molecule has 2 aromatic carbocycles. The number of likely N-dealkylation sites (N-methyl/N-ethyl adjacent to an activating group) is 1. The van der Waals surface area contributed by atoms with E-state index in [4.69, 9.17) is 39.9 Å². The molecule has 2 aliphatic rings. The summed E-state index contributed by atoms with van der Waals surface area (Å²) in [6.45, 7) is 10.00. The van der Waals surface area contributed by atoms with Crippen molar-refractivity contribution >= 4 is 46.7 Å². The molecule has 6 heteroatoms. The molecule has 0 aliphatic carbocycles. The second-order valence-corrected chi connectivity index (χ2v) is 9.98. The van der Waals surface area contributed by atoms with Crippen molar-refractivity contribution in [2.45, 2.75) is 19.0 Å². The van der Waals surface area contributed by atoms with Gasteiger partial charge in [0.25, 0.3) is 0 Å². The van der Waals surface area contributed by atoms with E-state index in [0.29, 0.717) is 15.1 Å². The van der Waals surface area contributed by atoms with E-state index >= 15 is 0 Å². The zero-order valence-corrected chi connectivity index (χ0v) is 21.2. The van der Waals surface area contributed by atoms with Gasteiger partial charge < -0.3 is 0 Å². The fourth-order valence-corrected chi connectivity index (χ4v) is 6.07. The van der Waals surface area contributed by atoms with Crippen molar-refractivity contribution in [1.82, 2.24) is 0 Å². The summed E-state index contributed by atoms with van der Waals surface area (Å²) in [5, 5.41) is 6.29. The van der Waals surface area contributed by atoms with Gasteiger partial charge in [0.2, 0.25) is 17.8 Å². The second-order valence-electron chi connectivity index (χ2n) is 8.82. The summed E-state index contributed by atoms with van der Waals surface area (Å²) in [7, 11) is 2.11. The highest BCUT2D eigenvalue weighted by atomic mass is 35.5.